The van der Waals surface area contributed by atoms with E-state index in [0.29, 0.717) is 49.3 Å². The minimum Gasteiger partial charge on any atom is -0.471 e. The first kappa shape index (κ1) is 19.0. The minimum absolute atomic E-state index is 0.110. The first-order valence-corrected chi connectivity index (χ1v) is 9.07. The van der Waals surface area contributed by atoms with Crippen LogP contribution < -0.4 is 4.74 Å². The van der Waals surface area contributed by atoms with Crippen LogP contribution in [0, 0.1) is 0 Å². The van der Waals surface area contributed by atoms with Gasteiger partial charge in [0, 0.05) is 37.4 Å². The monoisotopic (exact) mass is 392 g/mol. The van der Waals surface area contributed by atoms with Gasteiger partial charge in [0.05, 0.1) is 6.61 Å². The SMILES string of the molecule is CCOC(=O)N1CCN(C(=O)c2ccnn2COc2ccc(Cl)cc2)CC1. The zero-order chi connectivity index (χ0) is 19.2. The molecule has 2 amide bonds. The molecule has 2 aromatic rings. The predicted molar refractivity (Wildman–Crippen MR) is 98.8 cm³/mol. The number of ether oxygens (including phenoxy) is 2. The molecule has 0 radical (unpaired) electrons. The maximum absolute atomic E-state index is 12.8. The molecule has 3 rings (SSSR count). The van der Waals surface area contributed by atoms with Gasteiger partial charge in [-0.2, -0.15) is 5.10 Å². The fraction of sp³-hybridized carbons (Fsp3) is 0.389. The van der Waals surface area contributed by atoms with Gasteiger partial charge in [-0.25, -0.2) is 9.48 Å². The van der Waals surface area contributed by atoms with E-state index in [1.54, 1.807) is 53.3 Å². The Morgan fingerprint density at radius 1 is 1.07 bits per heavy atom. The van der Waals surface area contributed by atoms with E-state index in [-0.39, 0.29) is 18.7 Å². The molecule has 0 aliphatic carbocycles. The van der Waals surface area contributed by atoms with Crippen LogP contribution in [0.25, 0.3) is 0 Å². The fourth-order valence-corrected chi connectivity index (χ4v) is 2.88. The molecule has 0 N–H and O–H groups in total. The van der Waals surface area contributed by atoms with Gasteiger partial charge in [-0.15, -0.1) is 0 Å². The van der Waals surface area contributed by atoms with Crippen LogP contribution in [-0.4, -0.2) is 64.4 Å². The average molecular weight is 393 g/mol. The Labute approximate surface area is 162 Å². The molecule has 1 aliphatic heterocycles. The molecule has 1 aromatic heterocycles. The lowest BCUT2D eigenvalue weighted by atomic mass is 10.3. The van der Waals surface area contributed by atoms with Gasteiger partial charge in [0.2, 0.25) is 0 Å². The third-order valence-electron chi connectivity index (χ3n) is 4.20. The molecule has 1 fully saturated rings. The van der Waals surface area contributed by atoms with Crippen molar-refractivity contribution in [3.8, 4) is 5.75 Å². The maximum Gasteiger partial charge on any atom is 0.409 e. The van der Waals surface area contributed by atoms with Crippen molar-refractivity contribution in [2.45, 2.75) is 13.7 Å². The van der Waals surface area contributed by atoms with Crippen LogP contribution in [0.5, 0.6) is 5.75 Å². The highest BCUT2D eigenvalue weighted by atomic mass is 35.5. The fourth-order valence-electron chi connectivity index (χ4n) is 2.75. The van der Waals surface area contributed by atoms with E-state index in [1.807, 2.05) is 0 Å². The molecular formula is C18H21ClN4O4. The molecule has 0 unspecified atom stereocenters. The largest absolute Gasteiger partial charge is 0.471 e. The predicted octanol–water partition coefficient (Wildman–Crippen LogP) is 2.49. The summed E-state index contributed by atoms with van der Waals surface area (Å²) in [7, 11) is 0. The molecule has 1 saturated heterocycles. The van der Waals surface area contributed by atoms with Gasteiger partial charge in [-0.3, -0.25) is 4.79 Å². The normalized spacial score (nSPS) is 14.1. The summed E-state index contributed by atoms with van der Waals surface area (Å²) in [5.41, 5.74) is 0.438. The topological polar surface area (TPSA) is 76.9 Å². The van der Waals surface area contributed by atoms with Crippen molar-refractivity contribution in [3.63, 3.8) is 0 Å². The molecule has 8 nitrogen and oxygen atoms in total. The van der Waals surface area contributed by atoms with Crippen molar-refractivity contribution in [2.75, 3.05) is 32.8 Å². The Morgan fingerprint density at radius 3 is 2.41 bits per heavy atom. The Kier molecular flexibility index (Phi) is 6.18. The number of aromatic nitrogens is 2. The van der Waals surface area contributed by atoms with Gasteiger partial charge in [0.1, 0.15) is 11.4 Å². The second-order valence-corrected chi connectivity index (χ2v) is 6.36. The highest BCUT2D eigenvalue weighted by molar-refractivity contribution is 6.30. The van der Waals surface area contributed by atoms with Crippen molar-refractivity contribution in [1.29, 1.82) is 0 Å². The smallest absolute Gasteiger partial charge is 0.409 e. The summed E-state index contributed by atoms with van der Waals surface area (Å²) >= 11 is 5.86. The number of nitrogens with zero attached hydrogens (tertiary/aromatic N) is 4. The molecular weight excluding hydrogens is 372 g/mol. The lowest BCUT2D eigenvalue weighted by Gasteiger charge is -2.34. The standard InChI is InChI=1S/C18H21ClN4O4/c1-2-26-18(25)22-11-9-21(10-12-22)17(24)16-7-8-20-23(16)13-27-15-5-3-14(19)4-6-15/h3-8H,2,9-13H2,1H3. The molecule has 0 bridgehead atoms. The van der Waals surface area contributed by atoms with E-state index >= 15 is 0 Å². The average Bonchev–Trinajstić information content (AvgIpc) is 3.16. The van der Waals surface area contributed by atoms with Gasteiger partial charge >= 0.3 is 6.09 Å². The van der Waals surface area contributed by atoms with E-state index < -0.39 is 0 Å². The van der Waals surface area contributed by atoms with Gasteiger partial charge in [-0.1, -0.05) is 11.6 Å². The molecule has 0 spiro atoms. The van der Waals surface area contributed by atoms with Crippen LogP contribution in [0.2, 0.25) is 5.02 Å². The van der Waals surface area contributed by atoms with Crippen LogP contribution >= 0.6 is 11.6 Å². The Hall–Kier alpha value is -2.74. The van der Waals surface area contributed by atoms with Crippen LogP contribution in [0.4, 0.5) is 4.79 Å². The summed E-state index contributed by atoms with van der Waals surface area (Å²) in [5, 5.41) is 4.79. The van der Waals surface area contributed by atoms with Crippen LogP contribution in [0.1, 0.15) is 17.4 Å². The van der Waals surface area contributed by atoms with Crippen LogP contribution in [0.3, 0.4) is 0 Å². The lowest BCUT2D eigenvalue weighted by molar-refractivity contribution is 0.0554. The number of hydrogen-bond donors (Lipinski definition) is 0. The van der Waals surface area contributed by atoms with Crippen molar-refractivity contribution in [3.05, 3.63) is 47.2 Å². The molecule has 144 valence electrons. The summed E-state index contributed by atoms with van der Waals surface area (Å²) in [4.78, 5) is 27.9. The van der Waals surface area contributed by atoms with E-state index in [0.717, 1.165) is 0 Å². The summed E-state index contributed by atoms with van der Waals surface area (Å²) in [6, 6.07) is 8.62. The van der Waals surface area contributed by atoms with Gasteiger partial charge in [0.25, 0.3) is 5.91 Å². The number of carbonyl (C=O) groups excluding carboxylic acids is 2. The molecule has 1 aliphatic rings. The second kappa shape index (κ2) is 8.77. The number of piperazine rings is 1. The van der Waals surface area contributed by atoms with Gasteiger partial charge in [-0.05, 0) is 37.3 Å². The first-order chi connectivity index (χ1) is 13.1. The third-order valence-corrected chi connectivity index (χ3v) is 4.45. The zero-order valence-corrected chi connectivity index (χ0v) is 15.8. The van der Waals surface area contributed by atoms with Gasteiger partial charge < -0.3 is 19.3 Å². The lowest BCUT2D eigenvalue weighted by Crippen LogP contribution is -2.51. The number of amides is 2. The zero-order valence-electron chi connectivity index (χ0n) is 15.0. The van der Waals surface area contributed by atoms with Crippen LogP contribution in [0.15, 0.2) is 36.5 Å². The Balaban J connectivity index is 1.57. The van der Waals surface area contributed by atoms with Crippen molar-refractivity contribution in [2.24, 2.45) is 0 Å². The molecule has 2 heterocycles. The first-order valence-electron chi connectivity index (χ1n) is 8.69. The maximum atomic E-state index is 12.8. The summed E-state index contributed by atoms with van der Waals surface area (Å²) < 4.78 is 12.2. The number of hydrogen-bond acceptors (Lipinski definition) is 5. The molecule has 0 saturated carbocycles. The Bertz CT molecular complexity index is 785. The van der Waals surface area contributed by atoms with Gasteiger partial charge in [0.15, 0.2) is 6.73 Å². The second-order valence-electron chi connectivity index (χ2n) is 5.92. The molecule has 9 heteroatoms. The van der Waals surface area contributed by atoms with E-state index in [1.165, 1.54) is 4.68 Å². The summed E-state index contributed by atoms with van der Waals surface area (Å²) in [5.74, 6) is 0.493. The Morgan fingerprint density at radius 2 is 1.74 bits per heavy atom. The van der Waals surface area contributed by atoms with Crippen molar-refractivity contribution in [1.82, 2.24) is 19.6 Å². The van der Waals surface area contributed by atoms with Crippen molar-refractivity contribution >= 4 is 23.6 Å². The van der Waals surface area contributed by atoms with E-state index in [2.05, 4.69) is 5.10 Å². The highest BCUT2D eigenvalue weighted by Gasteiger charge is 2.27. The number of rotatable bonds is 5. The number of halogens is 1. The minimum atomic E-state index is -0.342. The van der Waals surface area contributed by atoms with E-state index in [4.69, 9.17) is 21.1 Å². The van der Waals surface area contributed by atoms with Crippen LogP contribution in [-0.2, 0) is 11.5 Å². The number of carbonyl (C=O) groups is 2. The highest BCUT2D eigenvalue weighted by Crippen LogP contribution is 2.16. The number of benzene rings is 1. The molecule has 0 atom stereocenters. The third kappa shape index (κ3) is 4.71. The summed E-state index contributed by atoms with van der Waals surface area (Å²) in [6.45, 7) is 4.00. The molecule has 27 heavy (non-hydrogen) atoms. The summed E-state index contributed by atoms with van der Waals surface area (Å²) in [6.07, 6.45) is 1.22. The quantitative estimate of drug-likeness (QED) is 0.781. The van der Waals surface area contributed by atoms with E-state index in [9.17, 15) is 9.59 Å². The molecule has 1 aromatic carbocycles. The van der Waals surface area contributed by atoms with Crippen molar-refractivity contribution < 1.29 is 19.1 Å².